The molecule has 2 aromatic rings. The van der Waals surface area contributed by atoms with Gasteiger partial charge in [0.1, 0.15) is 6.10 Å². The maximum atomic E-state index is 12.3. The number of carbonyl (C=O) groups excluding carboxylic acids is 1. The Balaban J connectivity index is 1.51. The van der Waals surface area contributed by atoms with Crippen molar-refractivity contribution in [2.24, 2.45) is 0 Å². The van der Waals surface area contributed by atoms with E-state index in [2.05, 4.69) is 9.97 Å². The molecule has 0 radical (unpaired) electrons. The zero-order valence-corrected chi connectivity index (χ0v) is 13.9. The molecule has 3 rings (SSSR count). The lowest BCUT2D eigenvalue weighted by Gasteiger charge is -2.30. The third-order valence-electron chi connectivity index (χ3n) is 3.88. The Hall–Kier alpha value is -2.40. The number of hydrogen-bond donors (Lipinski definition) is 0. The standard InChI is InChI=1S/C18H18ClN3O2/c19-16-5-2-1-4-14(16)6-7-17(23)22-12-8-15(9-13-22)24-18-20-10-3-11-21-18/h1-7,10-11,15H,8-9,12-13H2/b7-6+. The normalized spacial score (nSPS) is 15.6. The lowest BCUT2D eigenvalue weighted by Crippen LogP contribution is -2.41. The van der Waals surface area contributed by atoms with Gasteiger partial charge >= 0.3 is 6.01 Å². The highest BCUT2D eigenvalue weighted by molar-refractivity contribution is 6.32. The van der Waals surface area contributed by atoms with E-state index in [1.54, 1.807) is 36.7 Å². The fraction of sp³-hybridized carbons (Fsp3) is 0.278. The van der Waals surface area contributed by atoms with E-state index in [4.69, 9.17) is 16.3 Å². The quantitative estimate of drug-likeness (QED) is 0.800. The van der Waals surface area contributed by atoms with Gasteiger partial charge in [0.05, 0.1) is 0 Å². The average Bonchev–Trinajstić information content (AvgIpc) is 2.62. The molecule has 1 aromatic heterocycles. The van der Waals surface area contributed by atoms with Crippen molar-refractivity contribution >= 4 is 23.6 Å². The summed E-state index contributed by atoms with van der Waals surface area (Å²) in [5.41, 5.74) is 0.840. The molecule has 5 nitrogen and oxygen atoms in total. The van der Waals surface area contributed by atoms with E-state index < -0.39 is 0 Å². The Kier molecular flexibility index (Phi) is 5.43. The molecule has 1 aromatic carbocycles. The molecule has 0 saturated carbocycles. The maximum Gasteiger partial charge on any atom is 0.316 e. The summed E-state index contributed by atoms with van der Waals surface area (Å²) in [6.07, 6.45) is 8.21. The number of amides is 1. The third-order valence-corrected chi connectivity index (χ3v) is 4.22. The van der Waals surface area contributed by atoms with Crippen molar-refractivity contribution in [3.8, 4) is 6.01 Å². The summed E-state index contributed by atoms with van der Waals surface area (Å²) < 4.78 is 5.73. The lowest BCUT2D eigenvalue weighted by atomic mass is 10.1. The summed E-state index contributed by atoms with van der Waals surface area (Å²) in [5.74, 6) is -0.00988. The van der Waals surface area contributed by atoms with Crippen molar-refractivity contribution in [2.45, 2.75) is 18.9 Å². The summed E-state index contributed by atoms with van der Waals surface area (Å²) in [5, 5.41) is 0.636. The van der Waals surface area contributed by atoms with Crippen molar-refractivity contribution in [3.63, 3.8) is 0 Å². The van der Waals surface area contributed by atoms with Crippen LogP contribution in [-0.2, 0) is 4.79 Å². The van der Waals surface area contributed by atoms with Gasteiger partial charge in [-0.25, -0.2) is 9.97 Å². The van der Waals surface area contributed by atoms with Gasteiger partial charge in [0, 0.05) is 49.4 Å². The Morgan fingerprint density at radius 3 is 2.58 bits per heavy atom. The molecule has 0 N–H and O–H groups in total. The Labute approximate surface area is 145 Å². The van der Waals surface area contributed by atoms with Crippen LogP contribution in [0.1, 0.15) is 18.4 Å². The molecule has 0 spiro atoms. The number of benzene rings is 1. The summed E-state index contributed by atoms with van der Waals surface area (Å²) in [6, 6.07) is 9.58. The molecule has 2 heterocycles. The smallest absolute Gasteiger partial charge is 0.316 e. The van der Waals surface area contributed by atoms with Gasteiger partial charge in [-0.1, -0.05) is 29.8 Å². The van der Waals surface area contributed by atoms with Gasteiger partial charge < -0.3 is 9.64 Å². The van der Waals surface area contributed by atoms with E-state index in [1.165, 1.54) is 0 Å². The number of hydrogen-bond acceptors (Lipinski definition) is 4. The van der Waals surface area contributed by atoms with Crippen LogP contribution in [0.2, 0.25) is 5.02 Å². The van der Waals surface area contributed by atoms with Crippen LogP contribution in [0.3, 0.4) is 0 Å². The van der Waals surface area contributed by atoms with Crippen molar-refractivity contribution < 1.29 is 9.53 Å². The Morgan fingerprint density at radius 1 is 1.17 bits per heavy atom. The topological polar surface area (TPSA) is 55.3 Å². The van der Waals surface area contributed by atoms with Crippen molar-refractivity contribution in [2.75, 3.05) is 13.1 Å². The molecule has 124 valence electrons. The summed E-state index contributed by atoms with van der Waals surface area (Å²) in [7, 11) is 0. The number of likely N-dealkylation sites (tertiary alicyclic amines) is 1. The Bertz CT molecular complexity index is 713. The summed E-state index contributed by atoms with van der Waals surface area (Å²) >= 11 is 6.09. The van der Waals surface area contributed by atoms with Gasteiger partial charge in [0.15, 0.2) is 0 Å². The van der Waals surface area contributed by atoms with Crippen LogP contribution in [0, 0.1) is 0 Å². The number of aromatic nitrogens is 2. The molecule has 1 fully saturated rings. The molecule has 0 aliphatic carbocycles. The molecular weight excluding hydrogens is 326 g/mol. The zero-order chi connectivity index (χ0) is 16.8. The van der Waals surface area contributed by atoms with Crippen LogP contribution in [0.25, 0.3) is 6.08 Å². The van der Waals surface area contributed by atoms with E-state index in [1.807, 2.05) is 23.1 Å². The molecule has 1 amide bonds. The molecule has 1 saturated heterocycles. The molecule has 0 bridgehead atoms. The molecule has 6 heteroatoms. The number of nitrogens with zero attached hydrogens (tertiary/aromatic N) is 3. The number of halogens is 1. The van der Waals surface area contributed by atoms with E-state index in [-0.39, 0.29) is 12.0 Å². The highest BCUT2D eigenvalue weighted by Crippen LogP contribution is 2.18. The van der Waals surface area contributed by atoms with Gasteiger partial charge in [-0.2, -0.15) is 0 Å². The van der Waals surface area contributed by atoms with Crippen molar-refractivity contribution in [1.29, 1.82) is 0 Å². The number of ether oxygens (including phenoxy) is 1. The SMILES string of the molecule is O=C(/C=C/c1ccccc1Cl)N1CCC(Oc2ncccn2)CC1. The zero-order valence-electron chi connectivity index (χ0n) is 13.1. The fourth-order valence-corrected chi connectivity index (χ4v) is 2.76. The predicted octanol–water partition coefficient (Wildman–Crippen LogP) is 3.21. The first kappa shape index (κ1) is 16.5. The second kappa shape index (κ2) is 7.93. The van der Waals surface area contributed by atoms with Gasteiger partial charge in [0.2, 0.25) is 5.91 Å². The van der Waals surface area contributed by atoms with Crippen LogP contribution in [0.15, 0.2) is 48.8 Å². The van der Waals surface area contributed by atoms with E-state index in [0.29, 0.717) is 24.1 Å². The first-order chi connectivity index (χ1) is 11.7. The third kappa shape index (κ3) is 4.32. The van der Waals surface area contributed by atoms with Gasteiger partial charge in [-0.3, -0.25) is 4.79 Å². The van der Waals surface area contributed by atoms with Gasteiger partial charge in [-0.15, -0.1) is 0 Å². The molecule has 0 atom stereocenters. The van der Waals surface area contributed by atoms with Crippen molar-refractivity contribution in [3.05, 3.63) is 59.4 Å². The largest absolute Gasteiger partial charge is 0.460 e. The second-order valence-electron chi connectivity index (χ2n) is 5.53. The lowest BCUT2D eigenvalue weighted by molar-refractivity contribution is -0.127. The van der Waals surface area contributed by atoms with Crippen LogP contribution < -0.4 is 4.74 Å². The molecular formula is C18H18ClN3O2. The Morgan fingerprint density at radius 2 is 1.88 bits per heavy atom. The minimum atomic E-state index is -0.00988. The molecule has 1 aliphatic heterocycles. The first-order valence-electron chi connectivity index (χ1n) is 7.87. The number of piperidine rings is 1. The minimum absolute atomic E-state index is 0.00988. The average molecular weight is 344 g/mol. The predicted molar refractivity (Wildman–Crippen MR) is 92.7 cm³/mol. The molecule has 1 aliphatic rings. The minimum Gasteiger partial charge on any atom is -0.460 e. The summed E-state index contributed by atoms with van der Waals surface area (Å²) in [4.78, 5) is 22.2. The van der Waals surface area contributed by atoms with Gasteiger partial charge in [0.25, 0.3) is 0 Å². The second-order valence-corrected chi connectivity index (χ2v) is 5.94. The number of carbonyl (C=O) groups is 1. The van der Waals surface area contributed by atoms with Crippen LogP contribution in [-0.4, -0.2) is 40.0 Å². The van der Waals surface area contributed by atoms with Crippen molar-refractivity contribution in [1.82, 2.24) is 14.9 Å². The van der Waals surface area contributed by atoms with Crippen LogP contribution >= 0.6 is 11.6 Å². The van der Waals surface area contributed by atoms with Crippen LogP contribution in [0.4, 0.5) is 0 Å². The maximum absolute atomic E-state index is 12.3. The summed E-state index contributed by atoms with van der Waals surface area (Å²) in [6.45, 7) is 1.31. The van der Waals surface area contributed by atoms with Gasteiger partial charge in [-0.05, 0) is 23.8 Å². The first-order valence-corrected chi connectivity index (χ1v) is 8.25. The fourth-order valence-electron chi connectivity index (χ4n) is 2.57. The number of rotatable bonds is 4. The van der Waals surface area contributed by atoms with E-state index in [9.17, 15) is 4.79 Å². The van der Waals surface area contributed by atoms with E-state index >= 15 is 0 Å². The van der Waals surface area contributed by atoms with E-state index in [0.717, 1.165) is 18.4 Å². The molecule has 0 unspecified atom stereocenters. The highest BCUT2D eigenvalue weighted by Gasteiger charge is 2.23. The van der Waals surface area contributed by atoms with Crippen LogP contribution in [0.5, 0.6) is 6.01 Å². The monoisotopic (exact) mass is 343 g/mol. The molecule has 24 heavy (non-hydrogen) atoms. The highest BCUT2D eigenvalue weighted by atomic mass is 35.5.